The second-order valence-electron chi connectivity index (χ2n) is 6.48. The molecule has 1 aliphatic carbocycles. The quantitative estimate of drug-likeness (QED) is 0.917. The molecular formula is C16H24N4O. The molecule has 2 aliphatic rings. The van der Waals surface area contributed by atoms with E-state index >= 15 is 0 Å². The number of aryl methyl sites for hydroxylation is 1. The summed E-state index contributed by atoms with van der Waals surface area (Å²) in [7, 11) is 2.14. The van der Waals surface area contributed by atoms with Crippen LogP contribution in [0.15, 0.2) is 6.07 Å². The van der Waals surface area contributed by atoms with Gasteiger partial charge in [-0.1, -0.05) is 0 Å². The minimum absolute atomic E-state index is 0.0576. The Labute approximate surface area is 126 Å². The fourth-order valence-electron chi connectivity index (χ4n) is 2.97. The number of carbonyl (C=O) groups excluding carboxylic acids is 1. The molecule has 1 saturated heterocycles. The number of hydrogen-bond donors (Lipinski definition) is 1. The Morgan fingerprint density at radius 3 is 2.90 bits per heavy atom. The highest BCUT2D eigenvalue weighted by Crippen LogP contribution is 2.28. The molecule has 1 atom stereocenters. The Kier molecular flexibility index (Phi) is 4.19. The number of likely N-dealkylation sites (tertiary alicyclic amines) is 1. The Morgan fingerprint density at radius 2 is 2.19 bits per heavy atom. The van der Waals surface area contributed by atoms with E-state index in [4.69, 9.17) is 0 Å². The second-order valence-corrected chi connectivity index (χ2v) is 6.48. The van der Waals surface area contributed by atoms with E-state index in [1.165, 1.54) is 19.3 Å². The number of nitrogens with one attached hydrogen (secondary N) is 1. The van der Waals surface area contributed by atoms with E-state index in [2.05, 4.69) is 27.2 Å². The van der Waals surface area contributed by atoms with Crippen LogP contribution in [0.5, 0.6) is 0 Å². The van der Waals surface area contributed by atoms with Gasteiger partial charge in [0.2, 0.25) is 0 Å². The summed E-state index contributed by atoms with van der Waals surface area (Å²) in [5, 5.41) is 2.99. The lowest BCUT2D eigenvalue weighted by Crippen LogP contribution is -2.32. The molecule has 1 amide bonds. The molecule has 0 bridgehead atoms. The van der Waals surface area contributed by atoms with E-state index in [-0.39, 0.29) is 5.91 Å². The maximum atomic E-state index is 12.2. The maximum Gasteiger partial charge on any atom is 0.270 e. The average molecular weight is 288 g/mol. The number of aromatic nitrogens is 2. The van der Waals surface area contributed by atoms with Gasteiger partial charge >= 0.3 is 0 Å². The first-order chi connectivity index (χ1) is 10.1. The Morgan fingerprint density at radius 1 is 1.38 bits per heavy atom. The first-order valence-corrected chi connectivity index (χ1v) is 7.94. The Hall–Kier alpha value is -1.49. The van der Waals surface area contributed by atoms with Gasteiger partial charge in [0.25, 0.3) is 5.91 Å². The van der Waals surface area contributed by atoms with Crippen molar-refractivity contribution in [3.63, 3.8) is 0 Å². The summed E-state index contributed by atoms with van der Waals surface area (Å²) in [5.74, 6) is 1.74. The SMILES string of the molecule is Cc1nc(C(=O)NCC2CC2)cc([C@H]2CCCN(C)C2)n1. The lowest BCUT2D eigenvalue weighted by molar-refractivity contribution is 0.0946. The van der Waals surface area contributed by atoms with Crippen molar-refractivity contribution in [2.75, 3.05) is 26.7 Å². The zero-order chi connectivity index (χ0) is 14.8. The largest absolute Gasteiger partial charge is 0.350 e. The van der Waals surface area contributed by atoms with E-state index in [1.54, 1.807) is 0 Å². The third-order valence-electron chi connectivity index (χ3n) is 4.38. The minimum atomic E-state index is -0.0576. The first-order valence-electron chi connectivity index (χ1n) is 7.94. The van der Waals surface area contributed by atoms with Crippen molar-refractivity contribution in [1.29, 1.82) is 0 Å². The molecule has 1 saturated carbocycles. The highest BCUT2D eigenvalue weighted by atomic mass is 16.1. The number of likely N-dealkylation sites (N-methyl/N-ethyl adjacent to an activating group) is 1. The van der Waals surface area contributed by atoms with E-state index in [0.29, 0.717) is 23.4 Å². The summed E-state index contributed by atoms with van der Waals surface area (Å²) in [6, 6.07) is 1.89. The normalized spacial score (nSPS) is 23.0. The molecule has 1 aromatic rings. The van der Waals surface area contributed by atoms with Crippen LogP contribution in [0.25, 0.3) is 0 Å². The lowest BCUT2D eigenvalue weighted by Gasteiger charge is -2.29. The van der Waals surface area contributed by atoms with Crippen molar-refractivity contribution in [3.05, 3.63) is 23.3 Å². The summed E-state index contributed by atoms with van der Waals surface area (Å²) in [5.41, 5.74) is 1.54. The highest BCUT2D eigenvalue weighted by molar-refractivity contribution is 5.92. The molecule has 5 heteroatoms. The second kappa shape index (κ2) is 6.10. The molecule has 2 heterocycles. The summed E-state index contributed by atoms with van der Waals surface area (Å²) in [6.45, 7) is 4.81. The smallest absolute Gasteiger partial charge is 0.270 e. The van der Waals surface area contributed by atoms with Gasteiger partial charge in [-0.25, -0.2) is 9.97 Å². The Bertz CT molecular complexity index is 527. The molecule has 0 unspecified atom stereocenters. The van der Waals surface area contributed by atoms with E-state index < -0.39 is 0 Å². The number of nitrogens with zero attached hydrogens (tertiary/aromatic N) is 3. The van der Waals surface area contributed by atoms with Gasteiger partial charge in [-0.05, 0) is 58.2 Å². The monoisotopic (exact) mass is 288 g/mol. The van der Waals surface area contributed by atoms with Gasteiger partial charge in [0, 0.05) is 24.7 Å². The van der Waals surface area contributed by atoms with Crippen molar-refractivity contribution >= 4 is 5.91 Å². The van der Waals surface area contributed by atoms with E-state index in [1.807, 2.05) is 13.0 Å². The van der Waals surface area contributed by atoms with Crippen molar-refractivity contribution in [2.45, 2.75) is 38.5 Å². The predicted octanol–water partition coefficient (Wildman–Crippen LogP) is 1.73. The molecule has 1 aliphatic heterocycles. The van der Waals surface area contributed by atoms with E-state index in [9.17, 15) is 4.79 Å². The highest BCUT2D eigenvalue weighted by Gasteiger charge is 2.24. The van der Waals surface area contributed by atoms with Crippen LogP contribution in [0, 0.1) is 12.8 Å². The van der Waals surface area contributed by atoms with Crippen molar-refractivity contribution < 1.29 is 4.79 Å². The number of rotatable bonds is 4. The van der Waals surface area contributed by atoms with Gasteiger partial charge in [-0.3, -0.25) is 4.79 Å². The topological polar surface area (TPSA) is 58.1 Å². The summed E-state index contributed by atoms with van der Waals surface area (Å²) >= 11 is 0. The zero-order valence-corrected chi connectivity index (χ0v) is 12.9. The van der Waals surface area contributed by atoms with Crippen LogP contribution >= 0.6 is 0 Å². The molecule has 0 radical (unpaired) electrons. The van der Waals surface area contributed by atoms with Crippen LogP contribution in [0.4, 0.5) is 0 Å². The van der Waals surface area contributed by atoms with Crippen LogP contribution < -0.4 is 5.32 Å². The minimum Gasteiger partial charge on any atom is -0.350 e. The van der Waals surface area contributed by atoms with Crippen LogP contribution in [0.1, 0.15) is 53.6 Å². The van der Waals surface area contributed by atoms with Crippen molar-refractivity contribution in [1.82, 2.24) is 20.2 Å². The molecule has 1 aromatic heterocycles. The Balaban J connectivity index is 1.73. The lowest BCUT2D eigenvalue weighted by atomic mass is 9.94. The number of piperidine rings is 1. The van der Waals surface area contributed by atoms with Gasteiger partial charge < -0.3 is 10.2 Å². The number of carbonyl (C=O) groups is 1. The molecule has 3 rings (SSSR count). The molecule has 1 N–H and O–H groups in total. The molecular weight excluding hydrogens is 264 g/mol. The average Bonchev–Trinajstić information content (AvgIpc) is 3.28. The van der Waals surface area contributed by atoms with Crippen molar-refractivity contribution in [2.24, 2.45) is 5.92 Å². The maximum absolute atomic E-state index is 12.2. The van der Waals surface area contributed by atoms with Gasteiger partial charge in [-0.2, -0.15) is 0 Å². The number of amides is 1. The van der Waals surface area contributed by atoms with Crippen LogP contribution in [0.2, 0.25) is 0 Å². The van der Waals surface area contributed by atoms with Gasteiger partial charge in [0.05, 0.1) is 0 Å². The predicted molar refractivity (Wildman–Crippen MR) is 81.3 cm³/mol. The van der Waals surface area contributed by atoms with Crippen molar-refractivity contribution in [3.8, 4) is 0 Å². The molecule has 114 valence electrons. The number of hydrogen-bond acceptors (Lipinski definition) is 4. The summed E-state index contributed by atoms with van der Waals surface area (Å²) in [4.78, 5) is 23.4. The molecule has 2 fully saturated rings. The van der Waals surface area contributed by atoms with Gasteiger partial charge in [-0.15, -0.1) is 0 Å². The zero-order valence-electron chi connectivity index (χ0n) is 12.9. The first kappa shape index (κ1) is 14.4. The summed E-state index contributed by atoms with van der Waals surface area (Å²) in [6.07, 6.45) is 4.81. The molecule has 0 spiro atoms. The third kappa shape index (κ3) is 3.79. The summed E-state index contributed by atoms with van der Waals surface area (Å²) < 4.78 is 0. The molecule has 21 heavy (non-hydrogen) atoms. The van der Waals surface area contributed by atoms with Crippen LogP contribution in [-0.4, -0.2) is 47.5 Å². The van der Waals surface area contributed by atoms with E-state index in [0.717, 1.165) is 31.7 Å². The van der Waals surface area contributed by atoms with Crippen LogP contribution in [0.3, 0.4) is 0 Å². The molecule has 0 aromatic carbocycles. The van der Waals surface area contributed by atoms with Crippen LogP contribution in [-0.2, 0) is 0 Å². The van der Waals surface area contributed by atoms with Gasteiger partial charge in [0.15, 0.2) is 0 Å². The standard InChI is InChI=1S/C16H24N4O/c1-11-18-14(13-4-3-7-20(2)10-13)8-15(19-11)16(21)17-9-12-5-6-12/h8,12-13H,3-7,9-10H2,1-2H3,(H,17,21)/t13-/m0/s1. The molecule has 5 nitrogen and oxygen atoms in total. The fourth-order valence-corrected chi connectivity index (χ4v) is 2.97. The van der Waals surface area contributed by atoms with Gasteiger partial charge in [0.1, 0.15) is 11.5 Å². The fraction of sp³-hybridized carbons (Fsp3) is 0.688. The third-order valence-corrected chi connectivity index (χ3v) is 4.38.